The Balaban J connectivity index is 1.73. The predicted molar refractivity (Wildman–Crippen MR) is 70.7 cm³/mol. The quantitative estimate of drug-likeness (QED) is 0.891. The lowest BCUT2D eigenvalue weighted by atomic mass is 9.97. The van der Waals surface area contributed by atoms with Gasteiger partial charge in [-0.05, 0) is 25.0 Å². The number of aromatic nitrogens is 3. The molecule has 98 valence electrons. The first-order valence-corrected chi connectivity index (χ1v) is 6.53. The molecule has 3 rings (SSSR count). The summed E-state index contributed by atoms with van der Waals surface area (Å²) in [5.41, 5.74) is 0.704. The van der Waals surface area contributed by atoms with E-state index in [1.165, 1.54) is 0 Å². The zero-order valence-electron chi connectivity index (χ0n) is 10.6. The predicted octanol–water partition coefficient (Wildman–Crippen LogP) is 1.82. The molecule has 1 saturated heterocycles. The summed E-state index contributed by atoms with van der Waals surface area (Å²) in [6.45, 7) is 1.55. The molecule has 1 N–H and O–H groups in total. The Hall–Kier alpha value is -2.17. The van der Waals surface area contributed by atoms with Gasteiger partial charge < -0.3 is 9.88 Å². The van der Waals surface area contributed by atoms with Crippen molar-refractivity contribution in [2.75, 3.05) is 13.1 Å². The molecule has 1 aliphatic rings. The Labute approximate surface area is 111 Å². The number of H-pyrrole nitrogens is 1. The van der Waals surface area contributed by atoms with Crippen molar-refractivity contribution >= 4 is 5.91 Å². The smallest absolute Gasteiger partial charge is 0.253 e. The van der Waals surface area contributed by atoms with E-state index in [-0.39, 0.29) is 5.91 Å². The number of rotatable bonds is 2. The number of carbonyl (C=O) groups is 1. The van der Waals surface area contributed by atoms with Crippen molar-refractivity contribution in [1.29, 1.82) is 0 Å². The highest BCUT2D eigenvalue weighted by atomic mass is 16.2. The average Bonchev–Trinajstić information content (AvgIpc) is 3.02. The molecule has 1 fully saturated rings. The number of imidazole rings is 1. The number of hydrogen-bond acceptors (Lipinski definition) is 3. The second kappa shape index (κ2) is 5.22. The van der Waals surface area contributed by atoms with Gasteiger partial charge in [-0.2, -0.15) is 0 Å². The second-order valence-corrected chi connectivity index (χ2v) is 4.80. The van der Waals surface area contributed by atoms with E-state index in [1.54, 1.807) is 30.7 Å². The lowest BCUT2D eigenvalue weighted by Crippen LogP contribution is -2.39. The summed E-state index contributed by atoms with van der Waals surface area (Å²) in [6, 6.07) is 3.53. The maximum absolute atomic E-state index is 12.4. The van der Waals surface area contributed by atoms with Crippen molar-refractivity contribution < 1.29 is 4.79 Å². The fourth-order valence-corrected chi connectivity index (χ4v) is 2.56. The minimum Gasteiger partial charge on any atom is -0.348 e. The molecule has 1 aliphatic heterocycles. The maximum Gasteiger partial charge on any atom is 0.253 e. The molecule has 5 heteroatoms. The minimum absolute atomic E-state index is 0.0821. The van der Waals surface area contributed by atoms with E-state index >= 15 is 0 Å². The van der Waals surface area contributed by atoms with Crippen LogP contribution >= 0.6 is 0 Å². The van der Waals surface area contributed by atoms with Gasteiger partial charge in [0.1, 0.15) is 5.82 Å². The molecule has 0 aliphatic carbocycles. The molecule has 5 nitrogen and oxygen atoms in total. The van der Waals surface area contributed by atoms with Gasteiger partial charge in [-0.1, -0.05) is 0 Å². The van der Waals surface area contributed by atoms with Crippen LogP contribution in [0.25, 0.3) is 0 Å². The third kappa shape index (κ3) is 2.50. The van der Waals surface area contributed by atoms with Gasteiger partial charge >= 0.3 is 0 Å². The van der Waals surface area contributed by atoms with Gasteiger partial charge in [0.2, 0.25) is 0 Å². The SMILES string of the molecule is O=C(c1ccncc1)N1CCCC(c2ncc[nH]2)C1. The number of carbonyl (C=O) groups excluding carboxylic acids is 1. The summed E-state index contributed by atoms with van der Waals surface area (Å²) in [5, 5.41) is 0. The molecule has 0 saturated carbocycles. The molecule has 0 spiro atoms. The Morgan fingerprint density at radius 2 is 2.16 bits per heavy atom. The summed E-state index contributed by atoms with van der Waals surface area (Å²) in [5.74, 6) is 1.38. The number of nitrogens with zero attached hydrogens (tertiary/aromatic N) is 3. The highest BCUT2D eigenvalue weighted by molar-refractivity contribution is 5.94. The van der Waals surface area contributed by atoms with Crippen LogP contribution in [0.5, 0.6) is 0 Å². The monoisotopic (exact) mass is 256 g/mol. The van der Waals surface area contributed by atoms with Gasteiger partial charge in [0.25, 0.3) is 5.91 Å². The number of likely N-dealkylation sites (tertiary alicyclic amines) is 1. The van der Waals surface area contributed by atoms with E-state index in [0.29, 0.717) is 11.5 Å². The molecule has 0 aromatic carbocycles. The van der Waals surface area contributed by atoms with E-state index in [0.717, 1.165) is 31.8 Å². The van der Waals surface area contributed by atoms with E-state index in [4.69, 9.17) is 0 Å². The van der Waals surface area contributed by atoms with Crippen molar-refractivity contribution in [3.05, 3.63) is 48.3 Å². The second-order valence-electron chi connectivity index (χ2n) is 4.80. The number of piperidine rings is 1. The van der Waals surface area contributed by atoms with Crippen molar-refractivity contribution in [2.45, 2.75) is 18.8 Å². The van der Waals surface area contributed by atoms with Gasteiger partial charge in [0.15, 0.2) is 0 Å². The fourth-order valence-electron chi connectivity index (χ4n) is 2.56. The third-order valence-corrected chi connectivity index (χ3v) is 3.54. The fraction of sp³-hybridized carbons (Fsp3) is 0.357. The van der Waals surface area contributed by atoms with E-state index in [1.807, 2.05) is 11.1 Å². The van der Waals surface area contributed by atoms with E-state index in [9.17, 15) is 4.79 Å². The standard InChI is InChI=1S/C14H16N4O/c19-14(11-3-5-15-6-4-11)18-9-1-2-12(10-18)13-16-7-8-17-13/h3-8,12H,1-2,9-10H2,(H,16,17). The lowest BCUT2D eigenvalue weighted by Gasteiger charge is -2.31. The van der Waals surface area contributed by atoms with Gasteiger partial charge in [-0.25, -0.2) is 4.98 Å². The van der Waals surface area contributed by atoms with Crippen LogP contribution in [-0.4, -0.2) is 38.8 Å². The summed E-state index contributed by atoms with van der Waals surface area (Å²) >= 11 is 0. The Kier molecular flexibility index (Phi) is 3.27. The molecule has 2 aromatic rings. The van der Waals surface area contributed by atoms with Crippen molar-refractivity contribution in [2.24, 2.45) is 0 Å². The van der Waals surface area contributed by atoms with Gasteiger partial charge in [-0.3, -0.25) is 9.78 Å². The molecule has 3 heterocycles. The highest BCUT2D eigenvalue weighted by Crippen LogP contribution is 2.25. The molecule has 1 amide bonds. The Morgan fingerprint density at radius 1 is 1.32 bits per heavy atom. The zero-order chi connectivity index (χ0) is 13.1. The zero-order valence-corrected chi connectivity index (χ0v) is 10.6. The van der Waals surface area contributed by atoms with Crippen LogP contribution in [0, 0.1) is 0 Å². The Morgan fingerprint density at radius 3 is 2.89 bits per heavy atom. The Bertz CT molecular complexity index is 538. The number of aromatic amines is 1. The van der Waals surface area contributed by atoms with E-state index in [2.05, 4.69) is 15.0 Å². The van der Waals surface area contributed by atoms with Gasteiger partial charge in [0, 0.05) is 49.4 Å². The van der Waals surface area contributed by atoms with Gasteiger partial charge in [0.05, 0.1) is 0 Å². The van der Waals surface area contributed by atoms with Crippen LogP contribution < -0.4 is 0 Å². The molecule has 19 heavy (non-hydrogen) atoms. The summed E-state index contributed by atoms with van der Waals surface area (Å²) in [4.78, 5) is 25.7. The molecule has 0 bridgehead atoms. The van der Waals surface area contributed by atoms with Crippen LogP contribution in [0.15, 0.2) is 36.9 Å². The molecule has 1 atom stereocenters. The van der Waals surface area contributed by atoms with Crippen LogP contribution in [0.4, 0.5) is 0 Å². The van der Waals surface area contributed by atoms with Crippen molar-refractivity contribution in [1.82, 2.24) is 19.9 Å². The van der Waals surface area contributed by atoms with E-state index < -0.39 is 0 Å². The summed E-state index contributed by atoms with van der Waals surface area (Å²) < 4.78 is 0. The number of amides is 1. The number of pyridine rings is 1. The molecule has 2 aromatic heterocycles. The summed E-state index contributed by atoms with van der Waals surface area (Å²) in [6.07, 6.45) is 9.00. The molecular formula is C14H16N4O. The topological polar surface area (TPSA) is 61.9 Å². The normalized spacial score (nSPS) is 19.4. The van der Waals surface area contributed by atoms with Crippen LogP contribution in [0.1, 0.15) is 34.9 Å². The minimum atomic E-state index is 0.0821. The molecule has 0 radical (unpaired) electrons. The van der Waals surface area contributed by atoms with Crippen LogP contribution in [-0.2, 0) is 0 Å². The largest absolute Gasteiger partial charge is 0.348 e. The lowest BCUT2D eigenvalue weighted by molar-refractivity contribution is 0.0704. The average molecular weight is 256 g/mol. The first-order chi connectivity index (χ1) is 9.34. The first kappa shape index (κ1) is 11.9. The first-order valence-electron chi connectivity index (χ1n) is 6.53. The third-order valence-electron chi connectivity index (χ3n) is 3.54. The number of hydrogen-bond donors (Lipinski definition) is 1. The molecular weight excluding hydrogens is 240 g/mol. The number of nitrogens with one attached hydrogen (secondary N) is 1. The van der Waals surface area contributed by atoms with Gasteiger partial charge in [-0.15, -0.1) is 0 Å². The van der Waals surface area contributed by atoms with Crippen molar-refractivity contribution in [3.8, 4) is 0 Å². The molecule has 1 unspecified atom stereocenters. The van der Waals surface area contributed by atoms with Crippen LogP contribution in [0.2, 0.25) is 0 Å². The maximum atomic E-state index is 12.4. The highest BCUT2D eigenvalue weighted by Gasteiger charge is 2.26. The van der Waals surface area contributed by atoms with Crippen molar-refractivity contribution in [3.63, 3.8) is 0 Å². The van der Waals surface area contributed by atoms with Crippen LogP contribution in [0.3, 0.4) is 0 Å². The summed E-state index contributed by atoms with van der Waals surface area (Å²) in [7, 11) is 0.